The van der Waals surface area contributed by atoms with Crippen LogP contribution in [0.25, 0.3) is 0 Å². The fourth-order valence-corrected chi connectivity index (χ4v) is 2.00. The summed E-state index contributed by atoms with van der Waals surface area (Å²) >= 11 is 0. The number of benzene rings is 1. The number of rotatable bonds is 11. The first-order chi connectivity index (χ1) is 10.4. The number of unbranched alkanes of at least 4 members (excludes halogenated alkanes) is 3. The van der Waals surface area contributed by atoms with Gasteiger partial charge >= 0.3 is 51.4 Å². The number of ether oxygens (including phenoxy) is 1. The van der Waals surface area contributed by atoms with Gasteiger partial charge in [0, 0.05) is 6.61 Å². The summed E-state index contributed by atoms with van der Waals surface area (Å²) in [7, 11) is 0. The molecule has 0 amide bonds. The summed E-state index contributed by atoms with van der Waals surface area (Å²) < 4.78 is 5.61. The molecule has 0 aromatic heterocycles. The predicted octanol–water partition coefficient (Wildman–Crippen LogP) is 0.157. The van der Waals surface area contributed by atoms with Gasteiger partial charge in [-0.05, 0) is 30.4 Å². The zero-order valence-corrected chi connectivity index (χ0v) is 16.5. The molecule has 0 spiro atoms. The van der Waals surface area contributed by atoms with Crippen molar-refractivity contribution in [1.82, 2.24) is 0 Å². The Morgan fingerprint density at radius 1 is 1.09 bits per heavy atom. The van der Waals surface area contributed by atoms with Crippen molar-refractivity contribution in [3.05, 3.63) is 59.9 Å². The summed E-state index contributed by atoms with van der Waals surface area (Å²) in [5, 5.41) is 10.2. The number of allylic oxidation sites excluding steroid dienone is 3. The summed E-state index contributed by atoms with van der Waals surface area (Å²) in [6.45, 7) is 1.44. The maximum Gasteiger partial charge on any atom is 1.00 e. The maximum atomic E-state index is 10.7. The normalized spacial score (nSPS) is 11.4. The SMILES string of the molecule is O=C/C(=C/C=C/[O-])CCCCCCOCc1ccccc1.[K+]. The number of aldehydes is 1. The first-order valence-corrected chi connectivity index (χ1v) is 7.41. The third kappa shape index (κ3) is 11.3. The number of hydrogen-bond acceptors (Lipinski definition) is 3. The van der Waals surface area contributed by atoms with E-state index in [2.05, 4.69) is 12.1 Å². The molecule has 0 saturated heterocycles. The van der Waals surface area contributed by atoms with Crippen LogP contribution < -0.4 is 56.5 Å². The molecule has 0 radical (unpaired) electrons. The first-order valence-electron chi connectivity index (χ1n) is 7.41. The van der Waals surface area contributed by atoms with E-state index in [1.54, 1.807) is 6.08 Å². The van der Waals surface area contributed by atoms with E-state index in [0.29, 0.717) is 18.4 Å². The van der Waals surface area contributed by atoms with E-state index < -0.39 is 0 Å². The van der Waals surface area contributed by atoms with Crippen LogP contribution in [0.2, 0.25) is 0 Å². The van der Waals surface area contributed by atoms with Crippen molar-refractivity contribution in [3.8, 4) is 0 Å². The maximum absolute atomic E-state index is 10.7. The monoisotopic (exact) mass is 326 g/mol. The molecule has 4 heteroatoms. The summed E-state index contributed by atoms with van der Waals surface area (Å²) in [5.41, 5.74) is 1.88. The largest absolute Gasteiger partial charge is 1.00 e. The molecule has 114 valence electrons. The van der Waals surface area contributed by atoms with Gasteiger partial charge in [0.05, 0.1) is 6.61 Å². The minimum Gasteiger partial charge on any atom is -0.878 e. The van der Waals surface area contributed by atoms with E-state index in [1.807, 2.05) is 18.2 Å². The molecule has 1 rings (SSSR count). The molecule has 0 aliphatic carbocycles. The van der Waals surface area contributed by atoms with Crippen LogP contribution in [0.5, 0.6) is 0 Å². The number of hydrogen-bond donors (Lipinski definition) is 0. The van der Waals surface area contributed by atoms with E-state index in [0.717, 1.165) is 45.0 Å². The molecule has 0 aliphatic heterocycles. The Hall–Kier alpha value is -0.234. The molecule has 0 heterocycles. The minimum atomic E-state index is 0. The molecule has 22 heavy (non-hydrogen) atoms. The van der Waals surface area contributed by atoms with Crippen LogP contribution in [0.4, 0.5) is 0 Å². The van der Waals surface area contributed by atoms with E-state index in [1.165, 1.54) is 11.6 Å². The van der Waals surface area contributed by atoms with Crippen LogP contribution in [-0.2, 0) is 16.1 Å². The van der Waals surface area contributed by atoms with Gasteiger partial charge in [-0.1, -0.05) is 55.3 Å². The average molecular weight is 326 g/mol. The molecule has 0 saturated carbocycles. The van der Waals surface area contributed by atoms with Gasteiger partial charge in [0.25, 0.3) is 0 Å². The molecule has 0 bridgehead atoms. The molecule has 3 nitrogen and oxygen atoms in total. The Morgan fingerprint density at radius 2 is 1.82 bits per heavy atom. The molecular weight excluding hydrogens is 303 g/mol. The topological polar surface area (TPSA) is 49.4 Å². The van der Waals surface area contributed by atoms with E-state index >= 15 is 0 Å². The van der Waals surface area contributed by atoms with Gasteiger partial charge in [0.15, 0.2) is 0 Å². The van der Waals surface area contributed by atoms with Crippen molar-refractivity contribution in [2.45, 2.75) is 38.7 Å². The summed E-state index contributed by atoms with van der Waals surface area (Å²) in [5.74, 6) is 0. The Morgan fingerprint density at radius 3 is 2.50 bits per heavy atom. The molecule has 1 aromatic carbocycles. The zero-order valence-electron chi connectivity index (χ0n) is 13.4. The van der Waals surface area contributed by atoms with E-state index in [-0.39, 0.29) is 51.4 Å². The van der Waals surface area contributed by atoms with Crippen LogP contribution in [0.1, 0.15) is 37.7 Å². The predicted molar refractivity (Wildman–Crippen MR) is 82.5 cm³/mol. The molecule has 0 fully saturated rings. The second-order valence-electron chi connectivity index (χ2n) is 4.89. The van der Waals surface area contributed by atoms with Crippen LogP contribution in [0, 0.1) is 0 Å². The smallest absolute Gasteiger partial charge is 0.878 e. The van der Waals surface area contributed by atoms with Gasteiger partial charge in [0.2, 0.25) is 0 Å². The third-order valence-corrected chi connectivity index (χ3v) is 3.16. The van der Waals surface area contributed by atoms with Gasteiger partial charge in [-0.25, -0.2) is 0 Å². The van der Waals surface area contributed by atoms with Crippen molar-refractivity contribution >= 4 is 6.29 Å². The van der Waals surface area contributed by atoms with Gasteiger partial charge in [-0.15, -0.1) is 6.26 Å². The van der Waals surface area contributed by atoms with Gasteiger partial charge < -0.3 is 9.84 Å². The number of carbonyl (C=O) groups excluding carboxylic acids is 1. The standard InChI is InChI=1S/C18H24O3.K/c19-13-8-12-17(15-20)9-4-1-2-7-14-21-16-18-10-5-3-6-11-18;/h3,5-6,8,10-13,15,19H,1-2,4,7,9,14,16H2;/q;+1/p-1/b13-8+,17-12+;. The Kier molecular flexibility index (Phi) is 15.5. The van der Waals surface area contributed by atoms with Crippen LogP contribution in [0.3, 0.4) is 0 Å². The molecular formula is C18H23KO3. The molecule has 0 unspecified atom stereocenters. The van der Waals surface area contributed by atoms with Crippen molar-refractivity contribution in [2.24, 2.45) is 0 Å². The van der Waals surface area contributed by atoms with Gasteiger partial charge in [-0.2, -0.15) is 0 Å². The van der Waals surface area contributed by atoms with Crippen LogP contribution >= 0.6 is 0 Å². The quantitative estimate of drug-likeness (QED) is 0.145. The van der Waals surface area contributed by atoms with E-state index in [9.17, 15) is 9.90 Å². The first kappa shape index (κ1) is 21.8. The Bertz CT molecular complexity index is 441. The fraction of sp³-hybridized carbons (Fsp3) is 0.389. The Balaban J connectivity index is 0.00000441. The Labute approximate surface area is 175 Å². The molecule has 0 N–H and O–H groups in total. The van der Waals surface area contributed by atoms with Crippen LogP contribution in [0.15, 0.2) is 54.3 Å². The summed E-state index contributed by atoms with van der Waals surface area (Å²) in [4.78, 5) is 10.7. The van der Waals surface area contributed by atoms with E-state index in [4.69, 9.17) is 4.74 Å². The molecule has 0 atom stereocenters. The van der Waals surface area contributed by atoms with Crippen molar-refractivity contribution in [1.29, 1.82) is 0 Å². The summed E-state index contributed by atoms with van der Waals surface area (Å²) in [6.07, 6.45) is 9.36. The van der Waals surface area contributed by atoms with Gasteiger partial charge in [0.1, 0.15) is 6.29 Å². The summed E-state index contributed by atoms with van der Waals surface area (Å²) in [6, 6.07) is 10.1. The van der Waals surface area contributed by atoms with Crippen molar-refractivity contribution < 1.29 is 66.0 Å². The minimum absolute atomic E-state index is 0. The molecule has 1 aromatic rings. The second-order valence-corrected chi connectivity index (χ2v) is 4.89. The van der Waals surface area contributed by atoms with Crippen LogP contribution in [-0.4, -0.2) is 12.9 Å². The van der Waals surface area contributed by atoms with Gasteiger partial charge in [-0.3, -0.25) is 4.79 Å². The van der Waals surface area contributed by atoms with Crippen molar-refractivity contribution in [2.75, 3.05) is 6.61 Å². The third-order valence-electron chi connectivity index (χ3n) is 3.16. The van der Waals surface area contributed by atoms with Crippen molar-refractivity contribution in [3.63, 3.8) is 0 Å². The average Bonchev–Trinajstić information content (AvgIpc) is 2.53. The zero-order chi connectivity index (χ0) is 15.2. The number of carbonyl (C=O) groups is 1. The second kappa shape index (κ2) is 15.7. The fourth-order valence-electron chi connectivity index (χ4n) is 2.00. The molecule has 0 aliphatic rings.